The van der Waals surface area contributed by atoms with Crippen molar-refractivity contribution in [3.05, 3.63) is 0 Å². The van der Waals surface area contributed by atoms with Crippen molar-refractivity contribution < 1.29 is 3.07 Å². The van der Waals surface area contributed by atoms with Crippen LogP contribution in [0, 0.1) is 0 Å². The van der Waals surface area contributed by atoms with Crippen molar-refractivity contribution in [2.45, 2.75) is 0 Å². The molecule has 0 radical (unpaired) electrons. The van der Waals surface area contributed by atoms with E-state index in [0.717, 1.165) is 0 Å². The first-order chi connectivity index (χ1) is 2.27. The Balaban J connectivity index is 2.83. The second-order valence-corrected chi connectivity index (χ2v) is 18.9. The monoisotopic (exact) mass is 399 g/mol. The zero-order chi connectivity index (χ0) is 4.28. The summed E-state index contributed by atoms with van der Waals surface area (Å²) in [6.07, 6.45) is 0. The Morgan fingerprint density at radius 3 is 2.75 bits per heavy atom. The Bertz CT molecular complexity index is 33.9. The van der Waals surface area contributed by atoms with E-state index >= 15 is 0 Å². The quantitative estimate of drug-likeness (QED) is 0.619. The van der Waals surface area contributed by atoms with Gasteiger partial charge in [0.2, 0.25) is 0 Å². The van der Waals surface area contributed by atoms with Crippen molar-refractivity contribution in [1.29, 1.82) is 0.594 Å². The van der Waals surface area contributed by atoms with E-state index in [1.54, 1.807) is 0 Å². The second kappa shape index (κ2) is 4.99. The number of hydrogen-bond acceptors (Lipinski definition) is 1. The summed E-state index contributed by atoms with van der Waals surface area (Å²) in [5.41, 5.74) is 0. The standard InChI is InChI=1S/HI3O/c1-2-3-4/h2H/i2D. The molecule has 0 saturated heterocycles. The molecule has 0 aromatic rings. The van der Waals surface area contributed by atoms with Crippen LogP contribution in [0.25, 0.3) is 0 Å². The van der Waals surface area contributed by atoms with Crippen LogP contribution in [0.15, 0.2) is 0 Å². The van der Waals surface area contributed by atoms with Gasteiger partial charge in [0.25, 0.3) is 0 Å². The summed E-state index contributed by atoms with van der Waals surface area (Å²) in [4.78, 5) is 0. The maximum atomic E-state index is 9.61. The predicted molar refractivity (Wildman–Crippen MR) is 44.1 cm³/mol. The first kappa shape index (κ1) is 4.16. The Labute approximate surface area is 51.5 Å². The second-order valence-electron chi connectivity index (χ2n) is 0.112. The van der Waals surface area contributed by atoms with Crippen molar-refractivity contribution in [3.63, 3.8) is 0 Å². The Hall–Kier alpha value is 1.99. The fraction of sp³-hybridized carbons (Fsp3) is 0. The molecule has 4 heteroatoms. The van der Waals surface area contributed by atoms with Crippen LogP contribution in [0.5, 0.6) is 0 Å². The third-order valence-corrected chi connectivity index (χ3v) is 6.65. The van der Waals surface area contributed by atoms with Gasteiger partial charge in [-0.05, 0) is 0 Å². The van der Waals surface area contributed by atoms with Crippen LogP contribution in [-0.4, -0.2) is 0.594 Å². The molecule has 28 valence electrons. The van der Waals surface area contributed by atoms with E-state index in [1.165, 1.54) is 0 Å². The van der Waals surface area contributed by atoms with E-state index < -0.39 is 30.3 Å². The first-order valence-corrected chi connectivity index (χ1v) is 13.9. The van der Waals surface area contributed by atoms with E-state index in [0.29, 0.717) is 0 Å². The topological polar surface area (TPSA) is 17.1 Å². The van der Waals surface area contributed by atoms with Crippen LogP contribution in [0.1, 0.15) is 0 Å². The van der Waals surface area contributed by atoms with Crippen LogP contribution in [0.4, 0.5) is 0 Å². The fourth-order valence-electron chi connectivity index (χ4n) is 0. The molecule has 0 unspecified atom stereocenters. The van der Waals surface area contributed by atoms with Gasteiger partial charge < -0.3 is 0 Å². The van der Waals surface area contributed by atoms with E-state index in [2.05, 4.69) is 0 Å². The molecule has 0 bridgehead atoms. The summed E-state index contributed by atoms with van der Waals surface area (Å²) in [5, 5.41) is 0. The van der Waals surface area contributed by atoms with Gasteiger partial charge in [-0.3, -0.25) is 0 Å². The first-order valence-electron chi connectivity index (χ1n) is 0.818. The molecule has 4 heavy (non-hydrogen) atoms. The van der Waals surface area contributed by atoms with Crippen molar-refractivity contribution in [2.24, 2.45) is 0 Å². The van der Waals surface area contributed by atoms with Gasteiger partial charge in [0.15, 0.2) is 0 Å². The predicted octanol–water partition coefficient (Wildman–Crippen LogP) is 2.27. The van der Waals surface area contributed by atoms with E-state index in [9.17, 15) is 3.07 Å². The molecule has 0 N–H and O–H groups in total. The van der Waals surface area contributed by atoms with Crippen molar-refractivity contribution in [3.8, 4) is 0 Å². The molecule has 0 atom stereocenters. The molecule has 0 amide bonds. The molecule has 0 spiro atoms. The average molecular weight is 399 g/mol. The molecule has 0 fully saturated rings. The number of halogens is 3. The van der Waals surface area contributed by atoms with Crippen LogP contribution in [-0.2, 0) is 3.07 Å². The van der Waals surface area contributed by atoms with Gasteiger partial charge in [-0.15, -0.1) is 0 Å². The Morgan fingerprint density at radius 2 is 2.75 bits per heavy atom. The average Bonchev–Trinajstić information content (AvgIpc) is 1.38. The van der Waals surface area contributed by atoms with Crippen LogP contribution < -0.4 is 0 Å². The van der Waals surface area contributed by atoms with Gasteiger partial charge in [-0.25, -0.2) is 0 Å². The molecule has 0 aromatic carbocycles. The molecule has 0 aromatic heterocycles. The van der Waals surface area contributed by atoms with Crippen LogP contribution in [0.3, 0.4) is 0 Å². The van der Waals surface area contributed by atoms with E-state index in [-0.39, 0.29) is 0 Å². The molecule has 0 saturated carbocycles. The molecule has 0 heterocycles. The SMILES string of the molecule is [2H]I(I)I=O. The van der Waals surface area contributed by atoms with Gasteiger partial charge in [-0.2, -0.15) is 0 Å². The number of hydrogen-bond donors (Lipinski definition) is 0. The van der Waals surface area contributed by atoms with E-state index in [1.807, 2.05) is 18.6 Å². The van der Waals surface area contributed by atoms with Gasteiger partial charge in [0.1, 0.15) is 0 Å². The minimum atomic E-state index is -1.51. The van der Waals surface area contributed by atoms with E-state index in [4.69, 9.17) is 0.594 Å². The molecule has 0 aliphatic carbocycles. The van der Waals surface area contributed by atoms with Gasteiger partial charge in [-0.1, -0.05) is 0 Å². The summed E-state index contributed by atoms with van der Waals surface area (Å²) >= 11 is -0.434. The Kier molecular flexibility index (Phi) is 5.19. The molecular weight excluding hydrogens is 397 g/mol. The third-order valence-electron chi connectivity index (χ3n) is 0.0220. The third kappa shape index (κ3) is 3.99. The summed E-state index contributed by atoms with van der Waals surface area (Å²) in [6, 6.07) is 0. The summed E-state index contributed by atoms with van der Waals surface area (Å²) in [7, 11) is 0. The number of rotatable bonds is 1. The van der Waals surface area contributed by atoms with Gasteiger partial charge in [0, 0.05) is 0 Å². The van der Waals surface area contributed by atoms with Gasteiger partial charge in [0.05, 0.1) is 0 Å². The van der Waals surface area contributed by atoms with Crippen LogP contribution >= 0.6 is 48.9 Å². The van der Waals surface area contributed by atoms with Crippen molar-refractivity contribution >= 4 is 48.9 Å². The Morgan fingerprint density at radius 1 is 2.50 bits per heavy atom. The zero-order valence-electron chi connectivity index (χ0n) is 2.54. The molecule has 0 aliphatic rings. The zero-order valence-corrected chi connectivity index (χ0v) is 8.01. The molecule has 0 aliphatic heterocycles. The maximum absolute atomic E-state index is 9.61. The fourth-order valence-corrected chi connectivity index (χ4v) is 0. The van der Waals surface area contributed by atoms with Crippen molar-refractivity contribution in [1.82, 2.24) is 0 Å². The normalized spacial score (nSPS) is 14.2. The summed E-state index contributed by atoms with van der Waals surface area (Å²) in [5.74, 6) is 0. The summed E-state index contributed by atoms with van der Waals surface area (Å²) in [6.45, 7) is 0. The van der Waals surface area contributed by atoms with Crippen LogP contribution in [0.2, 0.25) is 0 Å². The summed E-state index contributed by atoms with van der Waals surface area (Å²) < 4.78 is 16.3. The minimum absolute atomic E-state index is 0.892. The van der Waals surface area contributed by atoms with Gasteiger partial charge >= 0.3 is 52.6 Å². The molecular formula is HI3O. The molecule has 0 rings (SSSR count). The molecule has 1 nitrogen and oxygen atoms in total. The van der Waals surface area contributed by atoms with Crippen molar-refractivity contribution in [2.75, 3.05) is 0 Å².